The Hall–Kier alpha value is -1.81. The summed E-state index contributed by atoms with van der Waals surface area (Å²) in [6, 6.07) is 9.67. The monoisotopic (exact) mass is 276 g/mol. The normalized spacial score (nSPS) is 10.3. The lowest BCUT2D eigenvalue weighted by molar-refractivity contribution is 0.934. The number of nitrogens with zero attached hydrogens (tertiary/aromatic N) is 2. The van der Waals surface area contributed by atoms with Gasteiger partial charge in [-0.15, -0.1) is 0 Å². The van der Waals surface area contributed by atoms with Crippen LogP contribution in [-0.4, -0.2) is 17.0 Å². The van der Waals surface area contributed by atoms with Crippen molar-refractivity contribution in [2.45, 2.75) is 19.9 Å². The summed E-state index contributed by atoms with van der Waals surface area (Å²) in [5.41, 5.74) is 1.12. The van der Waals surface area contributed by atoms with Gasteiger partial charge in [-0.2, -0.15) is 0 Å². The number of anilines is 2. The Kier molecular flexibility index (Phi) is 4.58. The summed E-state index contributed by atoms with van der Waals surface area (Å²) < 4.78 is 0. The first-order valence-electron chi connectivity index (χ1n) is 6.25. The number of hydrogen-bond donors (Lipinski definition) is 2. The van der Waals surface area contributed by atoms with Crippen LogP contribution in [0.4, 0.5) is 11.6 Å². The van der Waals surface area contributed by atoms with Crippen molar-refractivity contribution < 1.29 is 0 Å². The molecule has 1 aromatic carbocycles. The summed E-state index contributed by atoms with van der Waals surface area (Å²) in [5.74, 6) is 2.46. The molecule has 4 nitrogen and oxygen atoms in total. The maximum atomic E-state index is 5.96. The molecule has 0 amide bonds. The van der Waals surface area contributed by atoms with Gasteiger partial charge in [0, 0.05) is 31.1 Å². The maximum absolute atomic E-state index is 5.96. The van der Waals surface area contributed by atoms with Crippen molar-refractivity contribution in [2.24, 2.45) is 0 Å². The van der Waals surface area contributed by atoms with E-state index in [9.17, 15) is 0 Å². The fraction of sp³-hybridized carbons (Fsp3) is 0.286. The summed E-state index contributed by atoms with van der Waals surface area (Å²) in [4.78, 5) is 8.80. The van der Waals surface area contributed by atoms with Gasteiger partial charge in [0.1, 0.15) is 17.5 Å². The molecule has 0 radical (unpaired) electrons. The predicted molar refractivity (Wildman–Crippen MR) is 79.7 cm³/mol. The van der Waals surface area contributed by atoms with Gasteiger partial charge in [-0.25, -0.2) is 9.97 Å². The molecule has 2 N–H and O–H groups in total. The van der Waals surface area contributed by atoms with Gasteiger partial charge in [0.2, 0.25) is 0 Å². The van der Waals surface area contributed by atoms with Crippen molar-refractivity contribution in [3.05, 3.63) is 46.7 Å². The third-order valence-corrected chi connectivity index (χ3v) is 2.94. The Labute approximate surface area is 118 Å². The standard InChI is InChI=1S/C14H17ClN4/c1-3-12-18-13(16-2)8-14(19-12)17-9-10-5-4-6-11(15)7-10/h4-8H,3,9H2,1-2H3,(H2,16,17,18,19). The fourth-order valence-electron chi connectivity index (χ4n) is 1.71. The zero-order valence-corrected chi connectivity index (χ0v) is 11.8. The summed E-state index contributed by atoms with van der Waals surface area (Å²) in [6.07, 6.45) is 0.807. The van der Waals surface area contributed by atoms with Crippen molar-refractivity contribution >= 4 is 23.2 Å². The van der Waals surface area contributed by atoms with E-state index in [1.165, 1.54) is 0 Å². The summed E-state index contributed by atoms with van der Waals surface area (Å²) in [5, 5.41) is 7.07. The molecular weight excluding hydrogens is 260 g/mol. The highest BCUT2D eigenvalue weighted by Crippen LogP contribution is 2.14. The van der Waals surface area contributed by atoms with E-state index in [1.807, 2.05) is 44.3 Å². The second kappa shape index (κ2) is 6.38. The first-order valence-corrected chi connectivity index (χ1v) is 6.63. The number of nitrogens with one attached hydrogen (secondary N) is 2. The van der Waals surface area contributed by atoms with Crippen LogP contribution in [0.3, 0.4) is 0 Å². The van der Waals surface area contributed by atoms with E-state index in [-0.39, 0.29) is 0 Å². The molecule has 0 aliphatic rings. The van der Waals surface area contributed by atoms with Gasteiger partial charge < -0.3 is 10.6 Å². The molecule has 0 fully saturated rings. The Morgan fingerprint density at radius 2 is 1.95 bits per heavy atom. The molecule has 0 saturated heterocycles. The average Bonchev–Trinajstić information content (AvgIpc) is 2.44. The van der Waals surface area contributed by atoms with Crippen LogP contribution in [0.25, 0.3) is 0 Å². The molecule has 0 unspecified atom stereocenters. The highest BCUT2D eigenvalue weighted by molar-refractivity contribution is 6.30. The van der Waals surface area contributed by atoms with E-state index in [0.717, 1.165) is 34.5 Å². The second-order valence-electron chi connectivity index (χ2n) is 4.14. The van der Waals surface area contributed by atoms with Crippen molar-refractivity contribution in [1.82, 2.24) is 9.97 Å². The Morgan fingerprint density at radius 1 is 1.16 bits per heavy atom. The number of hydrogen-bond acceptors (Lipinski definition) is 4. The molecule has 0 bridgehead atoms. The van der Waals surface area contributed by atoms with Crippen molar-refractivity contribution in [3.8, 4) is 0 Å². The quantitative estimate of drug-likeness (QED) is 0.879. The van der Waals surface area contributed by atoms with Crippen LogP contribution in [0, 0.1) is 0 Å². The molecule has 0 aliphatic heterocycles. The van der Waals surface area contributed by atoms with Crippen LogP contribution in [0.15, 0.2) is 30.3 Å². The molecule has 2 rings (SSSR count). The Bertz CT molecular complexity index is 535. The number of halogens is 1. The number of benzene rings is 1. The first-order chi connectivity index (χ1) is 9.21. The lowest BCUT2D eigenvalue weighted by Crippen LogP contribution is -2.06. The molecule has 0 aliphatic carbocycles. The van der Waals surface area contributed by atoms with Crippen LogP contribution in [-0.2, 0) is 13.0 Å². The number of rotatable bonds is 5. The smallest absolute Gasteiger partial charge is 0.132 e. The molecule has 1 heterocycles. The number of aromatic nitrogens is 2. The van der Waals surface area contributed by atoms with Gasteiger partial charge in [-0.3, -0.25) is 0 Å². The van der Waals surface area contributed by atoms with Gasteiger partial charge in [0.15, 0.2) is 0 Å². The highest BCUT2D eigenvalue weighted by atomic mass is 35.5. The molecule has 100 valence electrons. The molecule has 0 atom stereocenters. The molecule has 5 heteroatoms. The lowest BCUT2D eigenvalue weighted by atomic mass is 10.2. The highest BCUT2D eigenvalue weighted by Gasteiger charge is 2.02. The molecule has 0 saturated carbocycles. The van der Waals surface area contributed by atoms with E-state index in [1.54, 1.807) is 0 Å². The topological polar surface area (TPSA) is 49.8 Å². The Balaban J connectivity index is 2.10. The van der Waals surface area contributed by atoms with Crippen molar-refractivity contribution in [3.63, 3.8) is 0 Å². The van der Waals surface area contributed by atoms with Crippen molar-refractivity contribution in [1.29, 1.82) is 0 Å². The van der Waals surface area contributed by atoms with Crippen LogP contribution in [0.2, 0.25) is 5.02 Å². The van der Waals surface area contributed by atoms with Crippen LogP contribution < -0.4 is 10.6 Å². The first kappa shape index (κ1) is 13.6. The summed E-state index contributed by atoms with van der Waals surface area (Å²) >= 11 is 5.96. The zero-order valence-electron chi connectivity index (χ0n) is 11.1. The van der Waals surface area contributed by atoms with Crippen molar-refractivity contribution in [2.75, 3.05) is 17.7 Å². The molecular formula is C14H17ClN4. The average molecular weight is 277 g/mol. The second-order valence-corrected chi connectivity index (χ2v) is 4.58. The minimum atomic E-state index is 0.684. The minimum Gasteiger partial charge on any atom is -0.373 e. The van der Waals surface area contributed by atoms with Gasteiger partial charge in [-0.05, 0) is 17.7 Å². The predicted octanol–water partition coefficient (Wildman–Crippen LogP) is 3.35. The zero-order chi connectivity index (χ0) is 13.7. The van der Waals surface area contributed by atoms with E-state index in [2.05, 4.69) is 20.6 Å². The Morgan fingerprint density at radius 3 is 2.63 bits per heavy atom. The largest absolute Gasteiger partial charge is 0.373 e. The van der Waals surface area contributed by atoms with Gasteiger partial charge in [0.25, 0.3) is 0 Å². The van der Waals surface area contributed by atoms with Gasteiger partial charge >= 0.3 is 0 Å². The minimum absolute atomic E-state index is 0.684. The molecule has 0 spiro atoms. The maximum Gasteiger partial charge on any atom is 0.132 e. The van der Waals surface area contributed by atoms with Crippen LogP contribution >= 0.6 is 11.6 Å². The van der Waals surface area contributed by atoms with E-state index < -0.39 is 0 Å². The number of aryl methyl sites for hydroxylation is 1. The SMILES string of the molecule is CCc1nc(NC)cc(NCc2cccc(Cl)c2)n1. The molecule has 2 aromatic rings. The molecule has 19 heavy (non-hydrogen) atoms. The van der Waals surface area contributed by atoms with Gasteiger partial charge in [0.05, 0.1) is 0 Å². The third kappa shape index (κ3) is 3.83. The summed E-state index contributed by atoms with van der Waals surface area (Å²) in [7, 11) is 1.85. The third-order valence-electron chi connectivity index (χ3n) is 2.71. The van der Waals surface area contributed by atoms with Crippen LogP contribution in [0.1, 0.15) is 18.3 Å². The fourth-order valence-corrected chi connectivity index (χ4v) is 1.93. The van der Waals surface area contributed by atoms with E-state index in [0.29, 0.717) is 6.54 Å². The summed E-state index contributed by atoms with van der Waals surface area (Å²) in [6.45, 7) is 2.72. The van der Waals surface area contributed by atoms with Gasteiger partial charge in [-0.1, -0.05) is 30.7 Å². The van der Waals surface area contributed by atoms with Crippen LogP contribution in [0.5, 0.6) is 0 Å². The molecule has 1 aromatic heterocycles. The lowest BCUT2D eigenvalue weighted by Gasteiger charge is -2.09. The van der Waals surface area contributed by atoms with E-state index in [4.69, 9.17) is 11.6 Å². The van der Waals surface area contributed by atoms with E-state index >= 15 is 0 Å².